The van der Waals surface area contributed by atoms with Gasteiger partial charge in [0.2, 0.25) is 5.79 Å². The molecule has 0 radical (unpaired) electrons. The van der Waals surface area contributed by atoms with E-state index in [0.717, 1.165) is 37.0 Å². The van der Waals surface area contributed by atoms with Gasteiger partial charge in [-0.2, -0.15) is 0 Å². The summed E-state index contributed by atoms with van der Waals surface area (Å²) < 4.78 is 11.4. The molecule has 1 aliphatic carbocycles. The topological polar surface area (TPSA) is 44.5 Å². The Morgan fingerprint density at radius 1 is 1.11 bits per heavy atom. The van der Waals surface area contributed by atoms with Crippen LogP contribution in [-0.4, -0.2) is 5.79 Å². The molecule has 1 saturated carbocycles. The van der Waals surface area contributed by atoms with Crippen LogP contribution in [0.3, 0.4) is 0 Å². The van der Waals surface area contributed by atoms with Crippen LogP contribution in [-0.2, 0) is 5.54 Å². The molecule has 18 heavy (non-hydrogen) atoms. The highest BCUT2D eigenvalue weighted by atomic mass is 35.5. The van der Waals surface area contributed by atoms with Crippen LogP contribution >= 0.6 is 11.6 Å². The van der Waals surface area contributed by atoms with Crippen LogP contribution in [0.5, 0.6) is 11.5 Å². The zero-order chi connectivity index (χ0) is 13.0. The zero-order valence-corrected chi connectivity index (χ0v) is 11.5. The van der Waals surface area contributed by atoms with Gasteiger partial charge in [0, 0.05) is 30.5 Å². The standard InChI is InChI=1S/C14H18ClNO2/c1-13(2)17-11-7-9(10(15)8-12(11)18-13)14(16)5-3-4-6-14/h7-8H,3-6,16H2,1-2H3. The Hall–Kier alpha value is -0.930. The summed E-state index contributed by atoms with van der Waals surface area (Å²) >= 11 is 6.36. The van der Waals surface area contributed by atoms with Crippen LogP contribution < -0.4 is 15.2 Å². The van der Waals surface area contributed by atoms with Gasteiger partial charge in [-0.3, -0.25) is 0 Å². The molecule has 1 aromatic rings. The molecule has 0 aromatic heterocycles. The second-order valence-corrected chi connectivity index (χ2v) is 6.15. The predicted octanol–water partition coefficient (Wildman–Crippen LogP) is 3.58. The molecule has 3 nitrogen and oxygen atoms in total. The van der Waals surface area contributed by atoms with Crippen molar-refractivity contribution in [1.29, 1.82) is 0 Å². The van der Waals surface area contributed by atoms with Crippen molar-refractivity contribution in [2.45, 2.75) is 50.9 Å². The normalized spacial score (nSPS) is 23.3. The molecule has 4 heteroatoms. The minimum Gasteiger partial charge on any atom is -0.449 e. The van der Waals surface area contributed by atoms with E-state index in [1.807, 2.05) is 26.0 Å². The minimum atomic E-state index is -0.623. The first-order valence-corrected chi connectivity index (χ1v) is 6.78. The minimum absolute atomic E-state index is 0.303. The monoisotopic (exact) mass is 267 g/mol. The second-order valence-electron chi connectivity index (χ2n) is 5.75. The molecule has 2 aliphatic rings. The van der Waals surface area contributed by atoms with Gasteiger partial charge in [-0.1, -0.05) is 24.4 Å². The van der Waals surface area contributed by atoms with Crippen molar-refractivity contribution >= 4 is 11.6 Å². The van der Waals surface area contributed by atoms with E-state index in [-0.39, 0.29) is 5.54 Å². The molecule has 0 bridgehead atoms. The molecule has 98 valence electrons. The first kappa shape index (κ1) is 12.1. The fraction of sp³-hybridized carbons (Fsp3) is 0.571. The molecule has 3 rings (SSSR count). The highest BCUT2D eigenvalue weighted by molar-refractivity contribution is 6.31. The van der Waals surface area contributed by atoms with Gasteiger partial charge in [-0.15, -0.1) is 0 Å². The second kappa shape index (κ2) is 3.78. The Bertz CT molecular complexity index is 493. The third-order valence-electron chi connectivity index (χ3n) is 3.78. The summed E-state index contributed by atoms with van der Waals surface area (Å²) in [5.41, 5.74) is 7.15. The van der Waals surface area contributed by atoms with Crippen LogP contribution in [0.15, 0.2) is 12.1 Å². The molecule has 1 aromatic carbocycles. The van der Waals surface area contributed by atoms with E-state index in [2.05, 4.69) is 0 Å². The van der Waals surface area contributed by atoms with Crippen molar-refractivity contribution in [1.82, 2.24) is 0 Å². The Kier molecular flexibility index (Phi) is 2.55. The number of fused-ring (bicyclic) bond motifs is 1. The summed E-state index contributed by atoms with van der Waals surface area (Å²) in [4.78, 5) is 0. The molecule has 0 amide bonds. The smallest absolute Gasteiger partial charge is 0.246 e. The molecule has 2 N–H and O–H groups in total. The number of rotatable bonds is 1. The van der Waals surface area contributed by atoms with E-state index in [0.29, 0.717) is 10.8 Å². The van der Waals surface area contributed by atoms with E-state index in [9.17, 15) is 0 Å². The summed E-state index contributed by atoms with van der Waals surface area (Å²) in [6, 6.07) is 3.78. The van der Waals surface area contributed by atoms with Crippen molar-refractivity contribution in [3.8, 4) is 11.5 Å². The molecule has 0 saturated heterocycles. The van der Waals surface area contributed by atoms with Crippen molar-refractivity contribution in [2.75, 3.05) is 0 Å². The Morgan fingerprint density at radius 2 is 1.67 bits per heavy atom. The van der Waals surface area contributed by atoms with Gasteiger partial charge in [0.15, 0.2) is 11.5 Å². The number of halogens is 1. The van der Waals surface area contributed by atoms with Gasteiger partial charge in [0.1, 0.15) is 0 Å². The van der Waals surface area contributed by atoms with E-state index in [4.69, 9.17) is 26.8 Å². The zero-order valence-electron chi connectivity index (χ0n) is 10.8. The van der Waals surface area contributed by atoms with Gasteiger partial charge in [-0.25, -0.2) is 0 Å². The molecule has 0 spiro atoms. The summed E-state index contributed by atoms with van der Waals surface area (Å²) in [6.45, 7) is 3.77. The first-order chi connectivity index (χ1) is 8.40. The number of hydrogen-bond donors (Lipinski definition) is 1. The van der Waals surface area contributed by atoms with Gasteiger partial charge in [0.25, 0.3) is 0 Å². The highest BCUT2D eigenvalue weighted by Gasteiger charge is 2.37. The van der Waals surface area contributed by atoms with E-state index in [1.165, 1.54) is 0 Å². The quantitative estimate of drug-likeness (QED) is 0.846. The Labute approximate surface area is 112 Å². The van der Waals surface area contributed by atoms with E-state index >= 15 is 0 Å². The molecule has 1 aliphatic heterocycles. The predicted molar refractivity (Wildman–Crippen MR) is 71.1 cm³/mol. The summed E-state index contributed by atoms with van der Waals surface area (Å²) in [7, 11) is 0. The van der Waals surface area contributed by atoms with Crippen LogP contribution in [0.1, 0.15) is 45.1 Å². The average Bonchev–Trinajstić information content (AvgIpc) is 2.80. The lowest BCUT2D eigenvalue weighted by Crippen LogP contribution is -2.33. The van der Waals surface area contributed by atoms with Crippen molar-refractivity contribution in [2.24, 2.45) is 5.73 Å². The van der Waals surface area contributed by atoms with E-state index in [1.54, 1.807) is 0 Å². The molecule has 1 fully saturated rings. The Balaban J connectivity index is 2.04. The number of nitrogens with two attached hydrogens (primary N) is 1. The van der Waals surface area contributed by atoms with Gasteiger partial charge < -0.3 is 15.2 Å². The molecule has 0 unspecified atom stereocenters. The van der Waals surface area contributed by atoms with Gasteiger partial charge in [0.05, 0.1) is 0 Å². The number of ether oxygens (including phenoxy) is 2. The molecule has 1 heterocycles. The SMILES string of the molecule is CC1(C)Oc2cc(Cl)c(C3(N)CCCC3)cc2O1. The van der Waals surface area contributed by atoms with Crippen molar-refractivity contribution in [3.05, 3.63) is 22.7 Å². The Morgan fingerprint density at radius 3 is 2.28 bits per heavy atom. The summed E-state index contributed by atoms with van der Waals surface area (Å²) in [5, 5.41) is 0.680. The van der Waals surface area contributed by atoms with Crippen molar-refractivity contribution < 1.29 is 9.47 Å². The van der Waals surface area contributed by atoms with Crippen LogP contribution in [0.25, 0.3) is 0 Å². The molecular formula is C14H18ClNO2. The number of hydrogen-bond acceptors (Lipinski definition) is 3. The number of benzene rings is 1. The maximum atomic E-state index is 6.46. The lowest BCUT2D eigenvalue weighted by atomic mass is 9.89. The molecule has 0 atom stereocenters. The largest absolute Gasteiger partial charge is 0.449 e. The lowest BCUT2D eigenvalue weighted by Gasteiger charge is -2.25. The van der Waals surface area contributed by atoms with Crippen LogP contribution in [0, 0.1) is 0 Å². The first-order valence-electron chi connectivity index (χ1n) is 6.41. The van der Waals surface area contributed by atoms with Gasteiger partial charge in [-0.05, 0) is 24.5 Å². The van der Waals surface area contributed by atoms with Crippen LogP contribution in [0.4, 0.5) is 0 Å². The fourth-order valence-electron chi connectivity index (χ4n) is 2.90. The van der Waals surface area contributed by atoms with Crippen molar-refractivity contribution in [3.63, 3.8) is 0 Å². The summed E-state index contributed by atoms with van der Waals surface area (Å²) in [6.07, 6.45) is 4.28. The average molecular weight is 268 g/mol. The van der Waals surface area contributed by atoms with E-state index < -0.39 is 5.79 Å². The third-order valence-corrected chi connectivity index (χ3v) is 4.09. The van der Waals surface area contributed by atoms with Gasteiger partial charge >= 0.3 is 0 Å². The summed E-state index contributed by atoms with van der Waals surface area (Å²) in [5.74, 6) is 0.827. The lowest BCUT2D eigenvalue weighted by molar-refractivity contribution is -0.0431. The fourth-order valence-corrected chi connectivity index (χ4v) is 3.24. The van der Waals surface area contributed by atoms with Crippen LogP contribution in [0.2, 0.25) is 5.02 Å². The highest BCUT2D eigenvalue weighted by Crippen LogP contribution is 2.47. The molecular weight excluding hydrogens is 250 g/mol. The maximum absolute atomic E-state index is 6.46. The maximum Gasteiger partial charge on any atom is 0.246 e. The third kappa shape index (κ3) is 1.86.